The summed E-state index contributed by atoms with van der Waals surface area (Å²) >= 11 is 4.13. The minimum absolute atomic E-state index is 1.18. The van der Waals surface area contributed by atoms with Crippen molar-refractivity contribution in [1.29, 1.82) is 0 Å². The molecule has 0 spiro atoms. The Balaban J connectivity index is 2.92. The van der Waals surface area contributed by atoms with Crippen LogP contribution in [0.5, 0.6) is 0 Å². The fourth-order valence-corrected chi connectivity index (χ4v) is 3.50. The van der Waals surface area contributed by atoms with Crippen molar-refractivity contribution in [3.63, 3.8) is 0 Å². The maximum atomic E-state index is 4.13. The quantitative estimate of drug-likeness (QED) is 0.166. The second kappa shape index (κ2) is 22.4. The zero-order valence-electron chi connectivity index (χ0n) is 16.2. The van der Waals surface area contributed by atoms with Crippen molar-refractivity contribution in [3.05, 3.63) is 5.75 Å². The van der Waals surface area contributed by atoms with Crippen LogP contribution in [-0.2, 0) is 0 Å². The van der Waals surface area contributed by atoms with Crippen molar-refractivity contribution in [2.24, 2.45) is 0 Å². The smallest absolute Gasteiger partial charge is 0.0133 e. The first-order valence-corrected chi connectivity index (χ1v) is 11.4. The lowest BCUT2D eigenvalue weighted by Gasteiger charge is -2.03. The molecular formula is C22H45S. The molecule has 0 fully saturated rings. The Hall–Kier alpha value is 0.350. The highest BCUT2D eigenvalue weighted by molar-refractivity contribution is 7.82. The van der Waals surface area contributed by atoms with Crippen molar-refractivity contribution in [3.8, 4) is 0 Å². The van der Waals surface area contributed by atoms with Crippen molar-refractivity contribution >= 4 is 12.6 Å². The first-order chi connectivity index (χ1) is 11.4. The van der Waals surface area contributed by atoms with Crippen molar-refractivity contribution in [1.82, 2.24) is 0 Å². The third-order valence-corrected chi connectivity index (χ3v) is 5.19. The van der Waals surface area contributed by atoms with E-state index in [2.05, 4.69) is 19.6 Å². The summed E-state index contributed by atoms with van der Waals surface area (Å²) < 4.78 is 0. The molecule has 0 atom stereocenters. The topological polar surface area (TPSA) is 0 Å². The molecule has 0 saturated heterocycles. The van der Waals surface area contributed by atoms with Gasteiger partial charge in [0.15, 0.2) is 0 Å². The second-order valence-electron chi connectivity index (χ2n) is 7.34. The lowest BCUT2D eigenvalue weighted by atomic mass is 10.0. The highest BCUT2D eigenvalue weighted by atomic mass is 32.1. The molecule has 1 heteroatoms. The van der Waals surface area contributed by atoms with E-state index in [0.717, 1.165) is 0 Å². The van der Waals surface area contributed by atoms with E-state index >= 15 is 0 Å². The van der Waals surface area contributed by atoms with Crippen LogP contribution in [0.3, 0.4) is 0 Å². The van der Waals surface area contributed by atoms with Gasteiger partial charge in [-0.2, -0.15) is 12.6 Å². The first-order valence-electron chi connectivity index (χ1n) is 10.9. The molecule has 0 amide bonds. The molecule has 0 nitrogen and oxygen atoms in total. The molecule has 0 aliphatic heterocycles. The average molecular weight is 342 g/mol. The van der Waals surface area contributed by atoms with Gasteiger partial charge < -0.3 is 0 Å². The molecule has 0 saturated carbocycles. The highest BCUT2D eigenvalue weighted by Gasteiger charge is 1.95. The molecule has 0 bridgehead atoms. The molecule has 0 aliphatic carbocycles. The summed E-state index contributed by atoms with van der Waals surface area (Å²) in [7, 11) is 0. The standard InChI is InChI=1S/C22H45S/c1-2-3-4-5-6-7-8-9-10-11-12-13-14-15-16-17-18-19-20-21-22-23/h22-23H,2-21H2,1H3. The summed E-state index contributed by atoms with van der Waals surface area (Å²) in [5.74, 6) is 1.99. The highest BCUT2D eigenvalue weighted by Crippen LogP contribution is 2.14. The summed E-state index contributed by atoms with van der Waals surface area (Å²) in [6.07, 6.45) is 28.8. The average Bonchev–Trinajstić information content (AvgIpc) is 2.57. The molecule has 0 heterocycles. The summed E-state index contributed by atoms with van der Waals surface area (Å²) in [4.78, 5) is 0. The zero-order valence-corrected chi connectivity index (χ0v) is 17.1. The lowest BCUT2D eigenvalue weighted by molar-refractivity contribution is 0.523. The van der Waals surface area contributed by atoms with Crippen LogP contribution in [0.25, 0.3) is 0 Å². The maximum Gasteiger partial charge on any atom is 0.0133 e. The Kier molecular flexibility index (Phi) is 22.7. The summed E-state index contributed by atoms with van der Waals surface area (Å²) in [5, 5.41) is 0. The minimum atomic E-state index is 1.18. The van der Waals surface area contributed by atoms with E-state index in [1.165, 1.54) is 128 Å². The number of hydrogen-bond acceptors (Lipinski definition) is 1. The maximum absolute atomic E-state index is 4.13. The molecular weight excluding hydrogens is 296 g/mol. The van der Waals surface area contributed by atoms with Crippen LogP contribution >= 0.6 is 12.6 Å². The van der Waals surface area contributed by atoms with Crippen LogP contribution < -0.4 is 0 Å². The van der Waals surface area contributed by atoms with Crippen molar-refractivity contribution < 1.29 is 0 Å². The van der Waals surface area contributed by atoms with Gasteiger partial charge in [0.25, 0.3) is 0 Å². The van der Waals surface area contributed by atoms with Gasteiger partial charge >= 0.3 is 0 Å². The molecule has 0 rings (SSSR count). The van der Waals surface area contributed by atoms with E-state index in [1.807, 2.05) is 5.75 Å². The first kappa shape index (κ1) is 23.4. The minimum Gasteiger partial charge on any atom is -0.175 e. The molecule has 0 unspecified atom stereocenters. The Bertz CT molecular complexity index is 170. The fraction of sp³-hybridized carbons (Fsp3) is 0.955. The van der Waals surface area contributed by atoms with E-state index in [9.17, 15) is 0 Å². The lowest BCUT2D eigenvalue weighted by Crippen LogP contribution is -1.84. The fourth-order valence-electron chi connectivity index (χ4n) is 3.31. The van der Waals surface area contributed by atoms with E-state index in [1.54, 1.807) is 0 Å². The van der Waals surface area contributed by atoms with E-state index < -0.39 is 0 Å². The van der Waals surface area contributed by atoms with Crippen LogP contribution in [0.4, 0.5) is 0 Å². The molecule has 139 valence electrons. The number of hydrogen-bond donors (Lipinski definition) is 1. The number of thiol groups is 1. The van der Waals surface area contributed by atoms with Gasteiger partial charge in [0.05, 0.1) is 0 Å². The Morgan fingerprint density at radius 3 is 0.957 bits per heavy atom. The molecule has 0 aromatic carbocycles. The molecule has 0 aromatic rings. The SMILES string of the molecule is CCCCCCCCCCCCCCCCCCCCC[CH]S. The van der Waals surface area contributed by atoms with Crippen LogP contribution in [0.1, 0.15) is 135 Å². The molecule has 0 N–H and O–H groups in total. The van der Waals surface area contributed by atoms with Crippen LogP contribution in [-0.4, -0.2) is 0 Å². The van der Waals surface area contributed by atoms with Crippen molar-refractivity contribution in [2.75, 3.05) is 0 Å². The normalized spacial score (nSPS) is 11.2. The van der Waals surface area contributed by atoms with Gasteiger partial charge in [0.2, 0.25) is 0 Å². The van der Waals surface area contributed by atoms with E-state index in [-0.39, 0.29) is 0 Å². The monoisotopic (exact) mass is 341 g/mol. The van der Waals surface area contributed by atoms with Gasteiger partial charge in [-0.05, 0) is 6.42 Å². The van der Waals surface area contributed by atoms with Crippen LogP contribution in [0.15, 0.2) is 0 Å². The summed E-state index contributed by atoms with van der Waals surface area (Å²) in [6.45, 7) is 2.30. The van der Waals surface area contributed by atoms with Crippen LogP contribution in [0.2, 0.25) is 0 Å². The number of rotatable bonds is 20. The number of unbranched alkanes of at least 4 members (excludes halogenated alkanes) is 19. The molecule has 0 aliphatic rings. The third-order valence-electron chi connectivity index (χ3n) is 4.94. The summed E-state index contributed by atoms with van der Waals surface area (Å²) in [6, 6.07) is 0. The summed E-state index contributed by atoms with van der Waals surface area (Å²) in [5.41, 5.74) is 0. The molecule has 23 heavy (non-hydrogen) atoms. The van der Waals surface area contributed by atoms with Gasteiger partial charge in [0, 0.05) is 5.75 Å². The van der Waals surface area contributed by atoms with E-state index in [0.29, 0.717) is 0 Å². The Morgan fingerprint density at radius 2 is 0.696 bits per heavy atom. The van der Waals surface area contributed by atoms with Crippen LogP contribution in [0, 0.1) is 5.75 Å². The Morgan fingerprint density at radius 1 is 0.435 bits per heavy atom. The third kappa shape index (κ3) is 22.4. The Labute approximate surface area is 154 Å². The zero-order chi connectivity index (χ0) is 16.8. The van der Waals surface area contributed by atoms with Gasteiger partial charge in [-0.25, -0.2) is 0 Å². The second-order valence-corrected chi connectivity index (χ2v) is 7.70. The van der Waals surface area contributed by atoms with Gasteiger partial charge in [0.1, 0.15) is 0 Å². The van der Waals surface area contributed by atoms with Gasteiger partial charge in [-0.3, -0.25) is 0 Å². The van der Waals surface area contributed by atoms with Gasteiger partial charge in [-0.1, -0.05) is 129 Å². The molecule has 0 aromatic heterocycles. The van der Waals surface area contributed by atoms with Gasteiger partial charge in [-0.15, -0.1) is 0 Å². The molecule has 1 radical (unpaired) electrons. The van der Waals surface area contributed by atoms with E-state index in [4.69, 9.17) is 0 Å². The largest absolute Gasteiger partial charge is 0.175 e. The predicted molar refractivity (Wildman–Crippen MR) is 111 cm³/mol. The predicted octanol–water partition coefficient (Wildman–Crippen LogP) is 8.90. The van der Waals surface area contributed by atoms with Crippen molar-refractivity contribution in [2.45, 2.75) is 135 Å².